The molecule has 15 nitrogen and oxygen atoms in total. The fraction of sp³-hybridized carbons (Fsp3) is 0.441. The summed E-state index contributed by atoms with van der Waals surface area (Å²) in [6.07, 6.45) is 0.918. The molecule has 1 aliphatic rings. The molecule has 0 bridgehead atoms. The topological polar surface area (TPSA) is 282 Å². The average Bonchev–Trinajstić information content (AvgIpc) is 3.08. The fourth-order valence-electron chi connectivity index (χ4n) is 5.43. The summed E-state index contributed by atoms with van der Waals surface area (Å²) in [6.45, 7) is 0.260. The van der Waals surface area contributed by atoms with E-state index in [2.05, 4.69) is 20.9 Å². The Morgan fingerprint density at radius 1 is 0.846 bits per heavy atom. The zero-order valence-corrected chi connectivity index (χ0v) is 28.5. The van der Waals surface area contributed by atoms with Crippen molar-refractivity contribution in [3.05, 3.63) is 65.7 Å². The van der Waals surface area contributed by atoms with E-state index >= 15 is 0 Å². The smallest absolute Gasteiger partial charge is 0.475 e. The first-order chi connectivity index (χ1) is 24.5. The summed E-state index contributed by atoms with van der Waals surface area (Å²) in [4.78, 5) is 66.0. The van der Waals surface area contributed by atoms with Crippen molar-refractivity contribution in [2.75, 3.05) is 11.9 Å². The maximum Gasteiger partial charge on any atom is 0.490 e. The average molecular weight is 734 g/mol. The lowest BCUT2D eigenvalue weighted by Crippen LogP contribution is -2.55. The van der Waals surface area contributed by atoms with Crippen molar-refractivity contribution in [1.82, 2.24) is 10.6 Å². The third-order valence-electron chi connectivity index (χ3n) is 8.15. The van der Waals surface area contributed by atoms with Crippen LogP contribution in [0.1, 0.15) is 62.5 Å². The summed E-state index contributed by atoms with van der Waals surface area (Å²) in [7, 11) is 0. The van der Waals surface area contributed by atoms with E-state index < -0.39 is 53.8 Å². The number of nitrogen functional groups attached to an aromatic ring is 1. The number of carbonyl (C=O) groups excluding carboxylic acids is 4. The Kier molecular flexibility index (Phi) is 17.0. The summed E-state index contributed by atoms with van der Waals surface area (Å²) in [5.41, 5.74) is 23.6. The highest BCUT2D eigenvalue weighted by molar-refractivity contribution is 6.07. The minimum atomic E-state index is -5.08. The van der Waals surface area contributed by atoms with E-state index in [1.165, 1.54) is 0 Å². The van der Waals surface area contributed by atoms with Crippen LogP contribution < -0.4 is 38.9 Å². The molecule has 18 heteroatoms. The van der Waals surface area contributed by atoms with Crippen LogP contribution in [0.3, 0.4) is 0 Å². The predicted molar refractivity (Wildman–Crippen MR) is 188 cm³/mol. The molecule has 52 heavy (non-hydrogen) atoms. The van der Waals surface area contributed by atoms with Crippen molar-refractivity contribution in [2.24, 2.45) is 39.8 Å². The van der Waals surface area contributed by atoms with Crippen LogP contribution in [0.15, 0.2) is 59.6 Å². The second-order valence-corrected chi connectivity index (χ2v) is 12.2. The van der Waals surface area contributed by atoms with Gasteiger partial charge in [0.2, 0.25) is 23.6 Å². The quantitative estimate of drug-likeness (QED) is 0.0526. The summed E-state index contributed by atoms with van der Waals surface area (Å²) in [5.74, 6) is -6.37. The molecule has 1 fully saturated rings. The molecular weight excluding hydrogens is 687 g/mol. The Hall–Kier alpha value is -5.68. The summed E-state index contributed by atoms with van der Waals surface area (Å²) in [5, 5.41) is 23.1. The fourth-order valence-corrected chi connectivity index (χ4v) is 5.43. The van der Waals surface area contributed by atoms with E-state index in [-0.39, 0.29) is 37.1 Å². The highest BCUT2D eigenvalue weighted by Gasteiger charge is 2.38. The molecule has 0 radical (unpaired) electrons. The number of amidine groups is 1. The first kappa shape index (κ1) is 42.5. The van der Waals surface area contributed by atoms with E-state index in [1.807, 2.05) is 6.07 Å². The second kappa shape index (κ2) is 20.9. The van der Waals surface area contributed by atoms with Gasteiger partial charge in [0.05, 0.1) is 0 Å². The Morgan fingerprint density at radius 2 is 1.42 bits per heavy atom. The lowest BCUT2D eigenvalue weighted by molar-refractivity contribution is -0.192. The first-order valence-corrected chi connectivity index (χ1v) is 16.5. The van der Waals surface area contributed by atoms with Crippen molar-refractivity contribution < 1.29 is 42.3 Å². The lowest BCUT2D eigenvalue weighted by atomic mass is 9.84. The van der Waals surface area contributed by atoms with Crippen LogP contribution in [-0.4, -0.2) is 71.3 Å². The van der Waals surface area contributed by atoms with Gasteiger partial charge in [0.15, 0.2) is 5.96 Å². The second-order valence-electron chi connectivity index (χ2n) is 12.2. The van der Waals surface area contributed by atoms with E-state index in [9.17, 15) is 32.3 Å². The van der Waals surface area contributed by atoms with Gasteiger partial charge >= 0.3 is 12.1 Å². The number of guanidine groups is 1. The maximum absolute atomic E-state index is 13.9. The van der Waals surface area contributed by atoms with Gasteiger partial charge in [0, 0.05) is 17.8 Å². The maximum atomic E-state index is 13.9. The highest BCUT2D eigenvalue weighted by atomic mass is 19.4. The molecule has 0 aromatic heterocycles. The number of carbonyl (C=O) groups is 5. The number of anilines is 1. The van der Waals surface area contributed by atoms with Crippen LogP contribution in [0.2, 0.25) is 0 Å². The molecule has 1 unspecified atom stereocenters. The SMILES string of the molecule is N=C(N)c1ccc(CC(C(=O)Nc2ccccc2)C(=O)N[C@@H](CC2CCCCC2)C(=O)N[C@@H](CCCN=C(N)N)C(N)=O)cc1.O=C(O)C(F)(F)F. The van der Waals surface area contributed by atoms with Crippen LogP contribution in [0.25, 0.3) is 0 Å². The van der Waals surface area contributed by atoms with Gasteiger partial charge < -0.3 is 44.0 Å². The first-order valence-electron chi connectivity index (χ1n) is 16.5. The zero-order valence-electron chi connectivity index (χ0n) is 28.5. The minimum Gasteiger partial charge on any atom is -0.475 e. The monoisotopic (exact) mass is 733 g/mol. The van der Waals surface area contributed by atoms with Crippen LogP contribution in [-0.2, 0) is 30.4 Å². The number of amides is 4. The Labute approximate surface area is 298 Å². The summed E-state index contributed by atoms with van der Waals surface area (Å²) < 4.78 is 31.7. The molecule has 3 atom stereocenters. The molecule has 4 amide bonds. The molecule has 0 heterocycles. The number of rotatable bonds is 16. The molecule has 2 aromatic rings. The number of nitrogens with zero attached hydrogens (tertiary/aromatic N) is 1. The minimum absolute atomic E-state index is 0.0369. The predicted octanol–water partition coefficient (Wildman–Crippen LogP) is 1.88. The van der Waals surface area contributed by atoms with Crippen LogP contribution in [0.4, 0.5) is 18.9 Å². The number of nitrogens with one attached hydrogen (secondary N) is 4. The van der Waals surface area contributed by atoms with Crippen molar-refractivity contribution in [2.45, 2.75) is 76.0 Å². The van der Waals surface area contributed by atoms with Crippen LogP contribution in [0.5, 0.6) is 0 Å². The molecule has 1 aliphatic carbocycles. The van der Waals surface area contributed by atoms with Gasteiger partial charge in [-0.3, -0.25) is 29.6 Å². The molecule has 0 aliphatic heterocycles. The Balaban J connectivity index is 0.00000121. The number of primary amides is 1. The van der Waals surface area contributed by atoms with Gasteiger partial charge in [-0.15, -0.1) is 0 Å². The molecule has 284 valence electrons. The molecule has 2 aromatic carbocycles. The molecule has 13 N–H and O–H groups in total. The molecule has 0 saturated heterocycles. The molecule has 1 saturated carbocycles. The van der Waals surface area contributed by atoms with Crippen LogP contribution >= 0.6 is 0 Å². The van der Waals surface area contributed by atoms with E-state index in [1.54, 1.807) is 48.5 Å². The van der Waals surface area contributed by atoms with E-state index in [0.29, 0.717) is 29.7 Å². The summed E-state index contributed by atoms with van der Waals surface area (Å²) >= 11 is 0. The normalized spacial score (nSPS) is 14.6. The number of aliphatic carboxylic acids is 1. The Morgan fingerprint density at radius 3 is 1.94 bits per heavy atom. The van der Waals surface area contributed by atoms with E-state index in [4.69, 9.17) is 38.2 Å². The number of hydrogen-bond donors (Lipinski definition) is 9. The van der Waals surface area contributed by atoms with Gasteiger partial charge in [-0.25, -0.2) is 4.79 Å². The van der Waals surface area contributed by atoms with Crippen molar-refractivity contribution in [1.29, 1.82) is 5.41 Å². The van der Waals surface area contributed by atoms with Gasteiger partial charge in [-0.2, -0.15) is 13.2 Å². The number of carboxylic acids is 1. The van der Waals surface area contributed by atoms with Crippen molar-refractivity contribution in [3.8, 4) is 0 Å². The third-order valence-corrected chi connectivity index (χ3v) is 8.15. The number of para-hydroxylation sites is 1. The zero-order chi connectivity index (χ0) is 38.8. The Bertz CT molecular complexity index is 1550. The number of hydrogen-bond acceptors (Lipinski definition) is 7. The number of alkyl halides is 3. The van der Waals surface area contributed by atoms with Crippen molar-refractivity contribution >= 4 is 47.1 Å². The lowest BCUT2D eigenvalue weighted by Gasteiger charge is -2.29. The van der Waals surface area contributed by atoms with Gasteiger partial charge in [0.25, 0.3) is 0 Å². The molecule has 3 rings (SSSR count). The number of carboxylic acid groups (broad SMARTS) is 1. The van der Waals surface area contributed by atoms with Gasteiger partial charge in [-0.05, 0) is 49.3 Å². The van der Waals surface area contributed by atoms with Gasteiger partial charge in [-0.1, -0.05) is 74.6 Å². The highest BCUT2D eigenvalue weighted by Crippen LogP contribution is 2.28. The standard InChI is InChI=1S/C32H45N9O4.C2HF3O2/c33-27(34)22-15-13-21(14-16-22)18-24(29(43)39-23-10-5-2-6-11-23)30(44)41-26(19-20-8-3-1-4-9-20)31(45)40-25(28(35)42)12-7-17-38-32(36)37;3-2(4,5)1(6)7/h2,5-6,10-11,13-16,20,24-26H,1,3-4,7-9,12,17-19H2,(H3,33,34)(H2,35,42)(H,39,43)(H,40,45)(H,41,44)(H4,36,37,38);(H,6,7)/t24?,25-,26-;/m0./s1. The third kappa shape index (κ3) is 15.5. The number of halogens is 3. The van der Waals surface area contributed by atoms with Gasteiger partial charge in [0.1, 0.15) is 23.8 Å². The molecule has 0 spiro atoms. The van der Waals surface area contributed by atoms with Crippen molar-refractivity contribution in [3.63, 3.8) is 0 Å². The van der Waals surface area contributed by atoms with Crippen LogP contribution in [0, 0.1) is 17.2 Å². The van der Waals surface area contributed by atoms with E-state index in [0.717, 1.165) is 32.1 Å². The number of benzene rings is 2. The number of aliphatic imine (C=N–C) groups is 1. The number of nitrogens with two attached hydrogens (primary N) is 4. The largest absolute Gasteiger partial charge is 0.490 e. The summed E-state index contributed by atoms with van der Waals surface area (Å²) in [6, 6.07) is 13.5. The molecular formula is C34H46F3N9O6.